The van der Waals surface area contributed by atoms with Gasteiger partial charge in [0.1, 0.15) is 5.01 Å². The lowest BCUT2D eigenvalue weighted by Crippen LogP contribution is -2.28. The van der Waals surface area contributed by atoms with E-state index in [1.165, 1.54) is 11.3 Å². The number of amides is 2. The van der Waals surface area contributed by atoms with Crippen molar-refractivity contribution in [3.63, 3.8) is 0 Å². The van der Waals surface area contributed by atoms with E-state index >= 15 is 0 Å². The molecule has 1 atom stereocenters. The largest absolute Gasteiger partial charge is 0.311 e. The highest BCUT2D eigenvalue weighted by Gasteiger charge is 2.36. The van der Waals surface area contributed by atoms with Crippen LogP contribution >= 0.6 is 11.3 Å². The molecule has 1 N–H and O–H groups in total. The number of carbonyl (C=O) groups is 2. The van der Waals surface area contributed by atoms with E-state index in [1.54, 1.807) is 4.90 Å². The maximum atomic E-state index is 12.5. The third kappa shape index (κ3) is 3.56. The number of anilines is 2. The Balaban J connectivity index is 1.71. The van der Waals surface area contributed by atoms with E-state index in [0.717, 1.165) is 21.8 Å². The van der Waals surface area contributed by atoms with Crippen molar-refractivity contribution in [1.29, 1.82) is 0 Å². The Labute approximate surface area is 151 Å². The van der Waals surface area contributed by atoms with Gasteiger partial charge in [-0.3, -0.25) is 9.59 Å². The zero-order valence-electron chi connectivity index (χ0n) is 14.9. The van der Waals surface area contributed by atoms with Gasteiger partial charge in [0, 0.05) is 24.6 Å². The summed E-state index contributed by atoms with van der Waals surface area (Å²) in [6, 6.07) is 5.89. The molecule has 0 bridgehead atoms. The van der Waals surface area contributed by atoms with Crippen molar-refractivity contribution < 1.29 is 9.59 Å². The van der Waals surface area contributed by atoms with Crippen LogP contribution in [0.1, 0.15) is 42.3 Å². The van der Waals surface area contributed by atoms with Crippen LogP contribution in [0.15, 0.2) is 18.2 Å². The Morgan fingerprint density at radius 3 is 2.76 bits per heavy atom. The van der Waals surface area contributed by atoms with Crippen LogP contribution in [0.4, 0.5) is 10.8 Å². The highest BCUT2D eigenvalue weighted by atomic mass is 32.1. The third-order valence-electron chi connectivity index (χ3n) is 4.53. The first kappa shape index (κ1) is 17.5. The van der Waals surface area contributed by atoms with Gasteiger partial charge >= 0.3 is 0 Å². The molecule has 1 saturated heterocycles. The van der Waals surface area contributed by atoms with Crippen molar-refractivity contribution in [2.75, 3.05) is 16.8 Å². The fourth-order valence-electron chi connectivity index (χ4n) is 2.87. The van der Waals surface area contributed by atoms with Crippen molar-refractivity contribution in [1.82, 2.24) is 10.2 Å². The third-order valence-corrected chi connectivity index (χ3v) is 5.67. The molecule has 0 unspecified atom stereocenters. The molecule has 132 valence electrons. The molecule has 2 amide bonds. The lowest BCUT2D eigenvalue weighted by molar-refractivity contribution is -0.122. The second kappa shape index (κ2) is 6.92. The molecule has 6 nitrogen and oxygen atoms in total. The topological polar surface area (TPSA) is 75.2 Å². The van der Waals surface area contributed by atoms with E-state index in [9.17, 15) is 9.59 Å². The van der Waals surface area contributed by atoms with E-state index in [0.29, 0.717) is 11.7 Å². The maximum Gasteiger partial charge on any atom is 0.231 e. The lowest BCUT2D eigenvalue weighted by Gasteiger charge is -2.20. The number of hydrogen-bond donors (Lipinski definition) is 1. The van der Waals surface area contributed by atoms with Gasteiger partial charge in [-0.05, 0) is 31.0 Å². The van der Waals surface area contributed by atoms with Gasteiger partial charge in [0.15, 0.2) is 0 Å². The SMILES string of the molecule is Cc1cccc(N2C[C@@H](C(=O)Nc3nnc(C(C)C)s3)CC2=O)c1C. The minimum atomic E-state index is -0.376. The van der Waals surface area contributed by atoms with Gasteiger partial charge in [0.25, 0.3) is 0 Å². The van der Waals surface area contributed by atoms with Crippen molar-refractivity contribution >= 4 is 34.0 Å². The van der Waals surface area contributed by atoms with Crippen molar-refractivity contribution in [2.45, 2.75) is 40.0 Å². The molecule has 1 aliphatic rings. The predicted octanol–water partition coefficient (Wildman–Crippen LogP) is 3.27. The average Bonchev–Trinajstić information content (AvgIpc) is 3.17. The Bertz CT molecular complexity index is 815. The number of nitrogens with zero attached hydrogens (tertiary/aromatic N) is 3. The normalized spacial score (nSPS) is 17.4. The molecule has 0 saturated carbocycles. The number of benzene rings is 1. The first-order chi connectivity index (χ1) is 11.9. The molecule has 1 aromatic carbocycles. The number of carbonyl (C=O) groups excluding carboxylic acids is 2. The van der Waals surface area contributed by atoms with Crippen molar-refractivity contribution in [3.05, 3.63) is 34.3 Å². The second-order valence-corrected chi connectivity index (χ2v) is 7.72. The number of aromatic nitrogens is 2. The molecule has 0 aliphatic carbocycles. The van der Waals surface area contributed by atoms with Crippen LogP contribution < -0.4 is 10.2 Å². The zero-order chi connectivity index (χ0) is 18.1. The molecule has 1 aromatic heterocycles. The highest BCUT2D eigenvalue weighted by molar-refractivity contribution is 7.15. The van der Waals surface area contributed by atoms with Crippen LogP contribution in [0, 0.1) is 19.8 Å². The lowest BCUT2D eigenvalue weighted by atomic mass is 10.1. The Hall–Kier alpha value is -2.28. The summed E-state index contributed by atoms with van der Waals surface area (Å²) in [5.74, 6) is -0.295. The van der Waals surface area contributed by atoms with Gasteiger partial charge in [0.2, 0.25) is 16.9 Å². The first-order valence-corrected chi connectivity index (χ1v) is 9.19. The smallest absolute Gasteiger partial charge is 0.231 e. The van der Waals surface area contributed by atoms with Crippen molar-refractivity contribution in [3.8, 4) is 0 Å². The van der Waals surface area contributed by atoms with Crippen LogP contribution in [-0.4, -0.2) is 28.6 Å². The minimum absolute atomic E-state index is 0.0195. The summed E-state index contributed by atoms with van der Waals surface area (Å²) in [4.78, 5) is 26.7. The fraction of sp³-hybridized carbons (Fsp3) is 0.444. The van der Waals surface area contributed by atoms with Crippen LogP contribution in [0.2, 0.25) is 0 Å². The molecule has 0 spiro atoms. The number of aryl methyl sites for hydroxylation is 1. The van der Waals surface area contributed by atoms with Crippen LogP contribution in [-0.2, 0) is 9.59 Å². The molecule has 1 aliphatic heterocycles. The van der Waals surface area contributed by atoms with Gasteiger partial charge in [0.05, 0.1) is 5.92 Å². The molecule has 0 radical (unpaired) electrons. The Morgan fingerprint density at radius 1 is 1.32 bits per heavy atom. The Morgan fingerprint density at radius 2 is 2.08 bits per heavy atom. The summed E-state index contributed by atoms with van der Waals surface area (Å²) < 4.78 is 0. The van der Waals surface area contributed by atoms with E-state index < -0.39 is 0 Å². The standard InChI is InChI=1S/C18H22N4O2S/c1-10(2)17-20-21-18(25-17)19-16(24)13-8-15(23)22(9-13)14-7-5-6-11(3)12(14)4/h5-7,10,13H,8-9H2,1-4H3,(H,19,21,24)/t13-/m0/s1. The zero-order valence-corrected chi connectivity index (χ0v) is 15.7. The van der Waals surface area contributed by atoms with Crippen molar-refractivity contribution in [2.24, 2.45) is 5.92 Å². The summed E-state index contributed by atoms with van der Waals surface area (Å²) in [6.45, 7) is 8.48. The molecule has 2 heterocycles. The van der Waals surface area contributed by atoms with E-state index in [-0.39, 0.29) is 30.1 Å². The quantitative estimate of drug-likeness (QED) is 0.910. The van der Waals surface area contributed by atoms with Gasteiger partial charge in [-0.15, -0.1) is 10.2 Å². The van der Waals surface area contributed by atoms with E-state index in [1.807, 2.05) is 45.9 Å². The molecule has 3 rings (SSSR count). The summed E-state index contributed by atoms with van der Waals surface area (Å²) in [5.41, 5.74) is 3.09. The summed E-state index contributed by atoms with van der Waals surface area (Å²) in [7, 11) is 0. The fourth-order valence-corrected chi connectivity index (χ4v) is 3.62. The number of hydrogen-bond acceptors (Lipinski definition) is 5. The molecule has 1 fully saturated rings. The molecule has 2 aromatic rings. The van der Waals surface area contributed by atoms with Gasteiger partial charge in [-0.1, -0.05) is 37.3 Å². The summed E-state index contributed by atoms with van der Waals surface area (Å²) >= 11 is 1.38. The number of nitrogens with one attached hydrogen (secondary N) is 1. The first-order valence-electron chi connectivity index (χ1n) is 8.37. The van der Waals surface area contributed by atoms with Crippen LogP contribution in [0.3, 0.4) is 0 Å². The Kier molecular flexibility index (Phi) is 4.85. The number of rotatable bonds is 4. The molecule has 25 heavy (non-hydrogen) atoms. The monoisotopic (exact) mass is 358 g/mol. The van der Waals surface area contributed by atoms with Crippen LogP contribution in [0.25, 0.3) is 0 Å². The van der Waals surface area contributed by atoms with Gasteiger partial charge in [-0.2, -0.15) is 0 Å². The molecular weight excluding hydrogens is 336 g/mol. The predicted molar refractivity (Wildman–Crippen MR) is 99.0 cm³/mol. The van der Waals surface area contributed by atoms with Gasteiger partial charge < -0.3 is 10.2 Å². The van der Waals surface area contributed by atoms with E-state index in [2.05, 4.69) is 15.5 Å². The summed E-state index contributed by atoms with van der Waals surface area (Å²) in [6.07, 6.45) is 0.217. The van der Waals surface area contributed by atoms with E-state index in [4.69, 9.17) is 0 Å². The molecule has 7 heteroatoms. The molecular formula is C18H22N4O2S. The second-order valence-electron chi connectivity index (χ2n) is 6.71. The average molecular weight is 358 g/mol. The highest BCUT2D eigenvalue weighted by Crippen LogP contribution is 2.30. The summed E-state index contributed by atoms with van der Waals surface area (Å²) in [5, 5.41) is 12.3. The minimum Gasteiger partial charge on any atom is -0.311 e. The maximum absolute atomic E-state index is 12.5. The van der Waals surface area contributed by atoms with Gasteiger partial charge in [-0.25, -0.2) is 0 Å². The van der Waals surface area contributed by atoms with Crippen LogP contribution in [0.5, 0.6) is 0 Å².